The first-order valence-corrected chi connectivity index (χ1v) is 7.67. The molecule has 1 aliphatic heterocycles. The third kappa shape index (κ3) is 2.89. The van der Waals surface area contributed by atoms with E-state index >= 15 is 0 Å². The summed E-state index contributed by atoms with van der Waals surface area (Å²) >= 11 is 1.14. The van der Waals surface area contributed by atoms with Gasteiger partial charge in [-0.1, -0.05) is 6.07 Å². The van der Waals surface area contributed by atoms with Gasteiger partial charge < -0.3 is 10.5 Å². The molecular formula is C16H12N4O2S. The van der Waals surface area contributed by atoms with Crippen molar-refractivity contribution in [2.45, 2.75) is 6.92 Å². The summed E-state index contributed by atoms with van der Waals surface area (Å²) in [6, 6.07) is 7.58. The number of hydrogen-bond donors (Lipinski definition) is 1. The van der Waals surface area contributed by atoms with Crippen LogP contribution in [0.3, 0.4) is 0 Å². The molecule has 3 rings (SSSR count). The zero-order chi connectivity index (χ0) is 16.4. The molecule has 1 aromatic heterocycles. The summed E-state index contributed by atoms with van der Waals surface area (Å²) < 4.78 is 5.61. The average molecular weight is 324 g/mol. The van der Waals surface area contributed by atoms with Crippen molar-refractivity contribution in [3.8, 4) is 11.8 Å². The van der Waals surface area contributed by atoms with E-state index in [2.05, 4.69) is 16.0 Å². The number of thioether (sulfide) groups is 1. The molecule has 0 bridgehead atoms. The van der Waals surface area contributed by atoms with E-state index in [1.165, 1.54) is 6.20 Å². The maximum atomic E-state index is 11.7. The number of nitrogens with zero attached hydrogens (tertiary/aromatic N) is 3. The fraction of sp³-hybridized carbons (Fsp3) is 0.125. The van der Waals surface area contributed by atoms with Gasteiger partial charge in [0.2, 0.25) is 0 Å². The number of amides is 1. The summed E-state index contributed by atoms with van der Waals surface area (Å²) in [6.45, 7) is 2.30. The van der Waals surface area contributed by atoms with Gasteiger partial charge >= 0.3 is 0 Å². The molecule has 6 nitrogen and oxygen atoms in total. The quantitative estimate of drug-likeness (QED) is 0.870. The van der Waals surface area contributed by atoms with Crippen LogP contribution in [0.1, 0.15) is 18.1 Å². The Bertz CT molecular complexity index is 912. The SMILES string of the molecule is CCOc1c(C#N)cnc2ccc(C=C3SC(N)=NC3=O)cc12. The minimum Gasteiger partial charge on any atom is -0.492 e. The van der Waals surface area contributed by atoms with E-state index in [4.69, 9.17) is 10.5 Å². The highest BCUT2D eigenvalue weighted by atomic mass is 32.2. The molecule has 7 heteroatoms. The molecule has 2 heterocycles. The first kappa shape index (κ1) is 15.1. The van der Waals surface area contributed by atoms with Crippen molar-refractivity contribution in [1.82, 2.24) is 4.98 Å². The standard InChI is InChI=1S/C16H12N4O2S/c1-2-22-14-10(7-17)8-19-12-4-3-9(5-11(12)14)6-13-15(21)20-16(18)23-13/h3-6,8H,2H2,1H3,(H2,18,20,21). The Kier molecular flexibility index (Phi) is 4.00. The number of rotatable bonds is 3. The second-order valence-corrected chi connectivity index (χ2v) is 5.75. The fourth-order valence-electron chi connectivity index (χ4n) is 2.23. The smallest absolute Gasteiger partial charge is 0.286 e. The third-order valence-electron chi connectivity index (χ3n) is 3.19. The molecule has 0 atom stereocenters. The van der Waals surface area contributed by atoms with Crippen LogP contribution in [0.4, 0.5) is 0 Å². The first-order chi connectivity index (χ1) is 11.1. The third-order valence-corrected chi connectivity index (χ3v) is 4.00. The van der Waals surface area contributed by atoms with Crippen LogP contribution < -0.4 is 10.5 Å². The molecule has 114 valence electrons. The van der Waals surface area contributed by atoms with E-state index in [-0.39, 0.29) is 11.1 Å². The Hall–Kier alpha value is -2.85. The Balaban J connectivity index is 2.11. The van der Waals surface area contributed by atoms with Gasteiger partial charge in [-0.2, -0.15) is 10.3 Å². The Morgan fingerprint density at radius 3 is 2.96 bits per heavy atom. The number of ether oxygens (including phenoxy) is 1. The number of pyridine rings is 1. The van der Waals surface area contributed by atoms with E-state index in [0.29, 0.717) is 22.8 Å². The van der Waals surface area contributed by atoms with Gasteiger partial charge in [-0.15, -0.1) is 0 Å². The number of nitrogens with two attached hydrogens (primary N) is 1. The second-order valence-electron chi connectivity index (χ2n) is 4.69. The molecule has 0 fully saturated rings. The maximum Gasteiger partial charge on any atom is 0.286 e. The van der Waals surface area contributed by atoms with Crippen LogP contribution in [0, 0.1) is 11.3 Å². The van der Waals surface area contributed by atoms with Crippen molar-refractivity contribution in [1.29, 1.82) is 5.26 Å². The Morgan fingerprint density at radius 2 is 2.30 bits per heavy atom. The normalized spacial score (nSPS) is 15.7. The summed E-state index contributed by atoms with van der Waals surface area (Å²) in [5.74, 6) is 0.156. The summed E-state index contributed by atoms with van der Waals surface area (Å²) in [7, 11) is 0. The molecule has 0 saturated carbocycles. The predicted octanol–water partition coefficient (Wildman–Crippen LogP) is 2.43. The van der Waals surface area contributed by atoms with Crippen LogP contribution in [-0.2, 0) is 4.79 Å². The average Bonchev–Trinajstić information content (AvgIpc) is 2.85. The van der Waals surface area contributed by atoms with Gasteiger partial charge in [0.25, 0.3) is 5.91 Å². The van der Waals surface area contributed by atoms with E-state index in [0.717, 1.165) is 28.2 Å². The number of benzene rings is 1. The minimum atomic E-state index is -0.346. The molecule has 0 aliphatic carbocycles. The number of fused-ring (bicyclic) bond motifs is 1. The highest BCUT2D eigenvalue weighted by Gasteiger charge is 2.19. The van der Waals surface area contributed by atoms with Crippen LogP contribution >= 0.6 is 11.8 Å². The molecular weight excluding hydrogens is 312 g/mol. The maximum absolute atomic E-state index is 11.7. The lowest BCUT2D eigenvalue weighted by molar-refractivity contribution is -0.113. The molecule has 0 saturated heterocycles. The number of carbonyl (C=O) groups is 1. The lowest BCUT2D eigenvalue weighted by atomic mass is 10.1. The van der Waals surface area contributed by atoms with Crippen LogP contribution in [0.2, 0.25) is 0 Å². The van der Waals surface area contributed by atoms with Gasteiger partial charge in [0, 0.05) is 11.6 Å². The summed E-state index contributed by atoms with van der Waals surface area (Å²) in [5.41, 5.74) is 7.43. The lowest BCUT2D eigenvalue weighted by Crippen LogP contribution is -2.01. The zero-order valence-electron chi connectivity index (χ0n) is 12.2. The molecule has 0 radical (unpaired) electrons. The van der Waals surface area contributed by atoms with Crippen LogP contribution in [0.5, 0.6) is 5.75 Å². The first-order valence-electron chi connectivity index (χ1n) is 6.86. The number of nitriles is 1. The van der Waals surface area contributed by atoms with E-state index in [9.17, 15) is 10.1 Å². The number of amidine groups is 1. The molecule has 1 aromatic carbocycles. The number of hydrogen-bond acceptors (Lipinski definition) is 6. The van der Waals surface area contributed by atoms with Crippen molar-refractivity contribution >= 4 is 39.8 Å². The summed E-state index contributed by atoms with van der Waals surface area (Å²) in [4.78, 5) is 20.1. The predicted molar refractivity (Wildman–Crippen MR) is 89.8 cm³/mol. The molecule has 1 amide bonds. The van der Waals surface area contributed by atoms with Gasteiger partial charge in [-0.05, 0) is 42.5 Å². The number of carbonyl (C=O) groups excluding carboxylic acids is 1. The van der Waals surface area contributed by atoms with E-state index in [1.54, 1.807) is 6.08 Å². The Labute approximate surface area is 136 Å². The number of aliphatic imine (C=N–C) groups is 1. The Morgan fingerprint density at radius 1 is 1.48 bits per heavy atom. The largest absolute Gasteiger partial charge is 0.492 e. The molecule has 1 aliphatic rings. The van der Waals surface area contributed by atoms with Crippen LogP contribution in [0.15, 0.2) is 34.3 Å². The minimum absolute atomic E-state index is 0.241. The molecule has 2 aromatic rings. The lowest BCUT2D eigenvalue weighted by Gasteiger charge is -2.09. The van der Waals surface area contributed by atoms with Crippen molar-refractivity contribution in [3.05, 3.63) is 40.4 Å². The highest BCUT2D eigenvalue weighted by molar-refractivity contribution is 8.18. The highest BCUT2D eigenvalue weighted by Crippen LogP contribution is 2.31. The molecule has 2 N–H and O–H groups in total. The van der Waals surface area contributed by atoms with Gasteiger partial charge in [0.15, 0.2) is 5.17 Å². The van der Waals surface area contributed by atoms with Crippen molar-refractivity contribution in [2.75, 3.05) is 6.61 Å². The van der Waals surface area contributed by atoms with E-state index < -0.39 is 0 Å². The van der Waals surface area contributed by atoms with Crippen molar-refractivity contribution in [2.24, 2.45) is 10.7 Å². The van der Waals surface area contributed by atoms with Gasteiger partial charge in [0.05, 0.1) is 17.0 Å². The van der Waals surface area contributed by atoms with Crippen molar-refractivity contribution in [3.63, 3.8) is 0 Å². The summed E-state index contributed by atoms with van der Waals surface area (Å²) in [5, 5.41) is 10.2. The van der Waals surface area contributed by atoms with Gasteiger partial charge in [-0.3, -0.25) is 9.78 Å². The second kappa shape index (κ2) is 6.10. The monoisotopic (exact) mass is 324 g/mol. The fourth-order valence-corrected chi connectivity index (χ4v) is 2.91. The zero-order valence-corrected chi connectivity index (χ0v) is 13.1. The molecule has 0 unspecified atom stereocenters. The van der Waals surface area contributed by atoms with Crippen molar-refractivity contribution < 1.29 is 9.53 Å². The van der Waals surface area contributed by atoms with Gasteiger partial charge in [0.1, 0.15) is 17.4 Å². The molecule has 23 heavy (non-hydrogen) atoms. The molecule has 0 spiro atoms. The van der Waals surface area contributed by atoms with E-state index in [1.807, 2.05) is 25.1 Å². The van der Waals surface area contributed by atoms with Crippen LogP contribution in [-0.4, -0.2) is 22.7 Å². The summed E-state index contributed by atoms with van der Waals surface area (Å²) in [6.07, 6.45) is 3.21. The van der Waals surface area contributed by atoms with Gasteiger partial charge in [-0.25, -0.2) is 0 Å². The van der Waals surface area contributed by atoms with Crippen LogP contribution in [0.25, 0.3) is 17.0 Å². The number of aromatic nitrogens is 1. The topological polar surface area (TPSA) is 101 Å².